The number of carbonyl (C=O) groups excluding carboxylic acids is 2. The van der Waals surface area contributed by atoms with Gasteiger partial charge in [0.15, 0.2) is 0 Å². The van der Waals surface area contributed by atoms with Crippen molar-refractivity contribution < 1.29 is 9.59 Å². The van der Waals surface area contributed by atoms with Crippen LogP contribution in [0.25, 0.3) is 10.2 Å². The van der Waals surface area contributed by atoms with Crippen LogP contribution in [0.2, 0.25) is 0 Å². The standard InChI is InChI=1S/C25H36N6O2S/c1-17-19-21(29-11-5-3-6-12-29)27-18(2)28-22(19)34-20(17)23(32)30-15-9-25(10-16-30,24(26)33)31-13-7-4-8-14-31/h3-16H2,1-2H3,(H2,26,33). The monoisotopic (exact) mass is 484 g/mol. The van der Waals surface area contributed by atoms with Crippen molar-refractivity contribution in [3.63, 3.8) is 0 Å². The number of nitrogens with two attached hydrogens (primary N) is 1. The zero-order valence-corrected chi connectivity index (χ0v) is 21.3. The number of piperidine rings is 3. The normalized spacial score (nSPS) is 21.7. The largest absolute Gasteiger partial charge is 0.368 e. The molecule has 2 aromatic heterocycles. The summed E-state index contributed by atoms with van der Waals surface area (Å²) in [6.45, 7) is 8.91. The number of primary amides is 1. The Morgan fingerprint density at radius 3 is 2.12 bits per heavy atom. The van der Waals surface area contributed by atoms with E-state index in [1.54, 1.807) is 0 Å². The first-order chi connectivity index (χ1) is 16.4. The summed E-state index contributed by atoms with van der Waals surface area (Å²) in [5, 5.41) is 1.03. The van der Waals surface area contributed by atoms with Gasteiger partial charge in [-0.2, -0.15) is 0 Å². The Balaban J connectivity index is 1.40. The summed E-state index contributed by atoms with van der Waals surface area (Å²) in [5.41, 5.74) is 6.31. The van der Waals surface area contributed by atoms with E-state index in [0.717, 1.165) is 71.3 Å². The first kappa shape index (κ1) is 23.5. The summed E-state index contributed by atoms with van der Waals surface area (Å²) in [4.78, 5) is 43.9. The third kappa shape index (κ3) is 4.06. The number of aryl methyl sites for hydroxylation is 2. The number of fused-ring (bicyclic) bond motifs is 1. The van der Waals surface area contributed by atoms with Crippen molar-refractivity contribution in [3.05, 3.63) is 16.3 Å². The van der Waals surface area contributed by atoms with Gasteiger partial charge in [-0.05, 0) is 77.4 Å². The van der Waals surface area contributed by atoms with Crippen LogP contribution in [0.5, 0.6) is 0 Å². The second-order valence-corrected chi connectivity index (χ2v) is 11.1. The second-order valence-electron chi connectivity index (χ2n) is 10.1. The molecule has 2 amide bonds. The topological polar surface area (TPSA) is 95.7 Å². The molecular weight excluding hydrogens is 448 g/mol. The molecular formula is C25H36N6O2S. The van der Waals surface area contributed by atoms with Crippen molar-refractivity contribution in [2.45, 2.75) is 70.8 Å². The fraction of sp³-hybridized carbons (Fsp3) is 0.680. The van der Waals surface area contributed by atoms with E-state index in [0.29, 0.717) is 25.9 Å². The predicted molar refractivity (Wildman–Crippen MR) is 135 cm³/mol. The van der Waals surface area contributed by atoms with Crippen LogP contribution < -0.4 is 10.6 Å². The van der Waals surface area contributed by atoms with Gasteiger partial charge in [-0.3, -0.25) is 14.5 Å². The zero-order chi connectivity index (χ0) is 23.9. The van der Waals surface area contributed by atoms with Crippen LogP contribution >= 0.6 is 11.3 Å². The molecule has 0 radical (unpaired) electrons. The summed E-state index contributed by atoms with van der Waals surface area (Å²) >= 11 is 1.48. The minimum Gasteiger partial charge on any atom is -0.368 e. The van der Waals surface area contributed by atoms with E-state index < -0.39 is 5.54 Å². The summed E-state index contributed by atoms with van der Waals surface area (Å²) in [5.74, 6) is 1.53. The quantitative estimate of drug-likeness (QED) is 0.716. The van der Waals surface area contributed by atoms with Gasteiger partial charge in [-0.25, -0.2) is 9.97 Å². The van der Waals surface area contributed by atoms with Crippen LogP contribution in [0.3, 0.4) is 0 Å². The van der Waals surface area contributed by atoms with Gasteiger partial charge in [-0.15, -0.1) is 11.3 Å². The second kappa shape index (κ2) is 9.41. The number of hydrogen-bond donors (Lipinski definition) is 1. The maximum atomic E-state index is 13.7. The van der Waals surface area contributed by atoms with Crippen molar-refractivity contribution in [1.29, 1.82) is 0 Å². The molecule has 3 aliphatic heterocycles. The van der Waals surface area contributed by atoms with Gasteiger partial charge in [0.1, 0.15) is 22.0 Å². The van der Waals surface area contributed by atoms with Crippen molar-refractivity contribution in [1.82, 2.24) is 19.8 Å². The molecule has 0 aromatic carbocycles. The number of aromatic nitrogens is 2. The van der Waals surface area contributed by atoms with Gasteiger partial charge in [-0.1, -0.05) is 6.42 Å². The lowest BCUT2D eigenvalue weighted by Crippen LogP contribution is -2.63. The molecule has 0 saturated carbocycles. The Morgan fingerprint density at radius 1 is 0.882 bits per heavy atom. The highest BCUT2D eigenvalue weighted by atomic mass is 32.1. The molecule has 3 aliphatic rings. The van der Waals surface area contributed by atoms with Gasteiger partial charge in [0.2, 0.25) is 5.91 Å². The molecule has 8 nitrogen and oxygen atoms in total. The fourth-order valence-corrected chi connectivity index (χ4v) is 7.21. The highest BCUT2D eigenvalue weighted by Gasteiger charge is 2.46. The van der Waals surface area contributed by atoms with Crippen molar-refractivity contribution in [2.24, 2.45) is 5.73 Å². The molecule has 184 valence electrons. The van der Waals surface area contributed by atoms with Gasteiger partial charge in [0.25, 0.3) is 5.91 Å². The first-order valence-corrected chi connectivity index (χ1v) is 13.6. The number of likely N-dealkylation sites (tertiary alicyclic amines) is 2. The minimum atomic E-state index is -0.615. The number of anilines is 1. The van der Waals surface area contributed by atoms with Crippen LogP contribution in [0, 0.1) is 13.8 Å². The van der Waals surface area contributed by atoms with Gasteiger partial charge < -0.3 is 15.5 Å². The molecule has 5 rings (SSSR count). The number of thiophene rings is 1. The summed E-state index contributed by atoms with van der Waals surface area (Å²) in [6, 6.07) is 0. The van der Waals surface area contributed by atoms with Crippen molar-refractivity contribution in [3.8, 4) is 0 Å². The number of nitrogens with zero attached hydrogens (tertiary/aromatic N) is 5. The predicted octanol–water partition coefficient (Wildman–Crippen LogP) is 3.24. The Kier molecular flexibility index (Phi) is 6.50. The average Bonchev–Trinajstić information content (AvgIpc) is 3.20. The highest BCUT2D eigenvalue weighted by molar-refractivity contribution is 7.20. The maximum Gasteiger partial charge on any atom is 0.264 e. The molecule has 34 heavy (non-hydrogen) atoms. The highest BCUT2D eigenvalue weighted by Crippen LogP contribution is 2.38. The molecule has 2 aromatic rings. The Morgan fingerprint density at radius 2 is 1.50 bits per heavy atom. The average molecular weight is 485 g/mol. The van der Waals surface area contributed by atoms with Crippen LogP contribution in [-0.2, 0) is 4.79 Å². The Bertz CT molecular complexity index is 1080. The molecule has 3 fully saturated rings. The molecule has 9 heteroatoms. The minimum absolute atomic E-state index is 0.0412. The Labute approximate surface area is 205 Å². The van der Waals surface area contributed by atoms with Gasteiger partial charge >= 0.3 is 0 Å². The molecule has 0 aliphatic carbocycles. The molecule has 0 spiro atoms. The van der Waals surface area contributed by atoms with E-state index in [1.807, 2.05) is 18.7 Å². The third-order valence-electron chi connectivity index (χ3n) is 8.03. The number of amides is 2. The Hall–Kier alpha value is -2.26. The number of rotatable bonds is 4. The van der Waals surface area contributed by atoms with E-state index >= 15 is 0 Å². The van der Waals surface area contributed by atoms with E-state index in [2.05, 4.69) is 14.8 Å². The molecule has 5 heterocycles. The molecule has 0 unspecified atom stereocenters. The third-order valence-corrected chi connectivity index (χ3v) is 9.20. The first-order valence-electron chi connectivity index (χ1n) is 12.8. The van der Waals surface area contributed by atoms with E-state index in [4.69, 9.17) is 10.7 Å². The van der Waals surface area contributed by atoms with E-state index in [1.165, 1.54) is 37.0 Å². The summed E-state index contributed by atoms with van der Waals surface area (Å²) in [7, 11) is 0. The molecule has 0 atom stereocenters. The van der Waals surface area contributed by atoms with Crippen LogP contribution in [0.1, 0.15) is 72.4 Å². The van der Waals surface area contributed by atoms with Gasteiger partial charge in [0, 0.05) is 26.2 Å². The summed E-state index contributed by atoms with van der Waals surface area (Å²) in [6.07, 6.45) is 8.25. The van der Waals surface area contributed by atoms with E-state index in [-0.39, 0.29) is 11.8 Å². The summed E-state index contributed by atoms with van der Waals surface area (Å²) < 4.78 is 0. The molecule has 2 N–H and O–H groups in total. The van der Waals surface area contributed by atoms with Crippen LogP contribution in [-0.4, -0.2) is 76.4 Å². The maximum absolute atomic E-state index is 13.7. The molecule has 0 bridgehead atoms. The lowest BCUT2D eigenvalue weighted by atomic mass is 9.83. The van der Waals surface area contributed by atoms with E-state index in [9.17, 15) is 9.59 Å². The van der Waals surface area contributed by atoms with Crippen LogP contribution in [0.4, 0.5) is 5.82 Å². The fourth-order valence-electron chi connectivity index (χ4n) is 6.02. The lowest BCUT2D eigenvalue weighted by Gasteiger charge is -2.48. The zero-order valence-electron chi connectivity index (χ0n) is 20.4. The number of carbonyl (C=O) groups is 2. The lowest BCUT2D eigenvalue weighted by molar-refractivity contribution is -0.134. The molecule has 3 saturated heterocycles. The SMILES string of the molecule is Cc1nc(N2CCCCC2)c2c(C)c(C(=O)N3CCC(C(N)=O)(N4CCCCC4)CC3)sc2n1. The van der Waals surface area contributed by atoms with Crippen molar-refractivity contribution in [2.75, 3.05) is 44.2 Å². The smallest absolute Gasteiger partial charge is 0.264 e. The van der Waals surface area contributed by atoms with Crippen LogP contribution in [0.15, 0.2) is 0 Å². The van der Waals surface area contributed by atoms with Crippen molar-refractivity contribution >= 4 is 39.2 Å². The number of hydrogen-bond acceptors (Lipinski definition) is 7. The van der Waals surface area contributed by atoms with Gasteiger partial charge in [0.05, 0.1) is 10.3 Å².